The van der Waals surface area contributed by atoms with Crippen molar-refractivity contribution in [3.63, 3.8) is 0 Å². The lowest BCUT2D eigenvalue weighted by atomic mass is 9.87. The summed E-state index contributed by atoms with van der Waals surface area (Å²) < 4.78 is 0. The molecule has 1 aromatic carbocycles. The molecule has 1 aliphatic rings. The first kappa shape index (κ1) is 17.9. The van der Waals surface area contributed by atoms with E-state index >= 15 is 0 Å². The summed E-state index contributed by atoms with van der Waals surface area (Å²) in [6, 6.07) is 8.36. The lowest BCUT2D eigenvalue weighted by Gasteiger charge is -2.30. The Hall–Kier alpha value is -1.49. The molecule has 1 amide bonds. The highest BCUT2D eigenvalue weighted by molar-refractivity contribution is 8.00. The van der Waals surface area contributed by atoms with E-state index < -0.39 is 5.97 Å². The summed E-state index contributed by atoms with van der Waals surface area (Å²) >= 11 is 1.54. The molecule has 4 nitrogen and oxygen atoms in total. The molecule has 2 rings (SSSR count). The summed E-state index contributed by atoms with van der Waals surface area (Å²) in [6.07, 6.45) is 1.12. The van der Waals surface area contributed by atoms with E-state index in [4.69, 9.17) is 5.11 Å². The number of hydrogen-bond donors (Lipinski definition) is 1. The van der Waals surface area contributed by atoms with E-state index in [1.165, 1.54) is 5.56 Å². The number of nitrogens with zero attached hydrogens (tertiary/aromatic N) is 1. The van der Waals surface area contributed by atoms with Gasteiger partial charge in [0, 0.05) is 18.0 Å². The molecule has 0 radical (unpaired) electrons. The Morgan fingerprint density at radius 3 is 2.22 bits per heavy atom. The zero-order chi connectivity index (χ0) is 17.0. The van der Waals surface area contributed by atoms with Crippen molar-refractivity contribution in [1.29, 1.82) is 0 Å². The van der Waals surface area contributed by atoms with E-state index in [1.54, 1.807) is 16.7 Å². The molecule has 1 aromatic rings. The zero-order valence-electron chi connectivity index (χ0n) is 14.0. The number of carbonyl (C=O) groups excluding carboxylic acids is 1. The van der Waals surface area contributed by atoms with Crippen molar-refractivity contribution in [2.45, 2.75) is 43.9 Å². The van der Waals surface area contributed by atoms with Gasteiger partial charge in [-0.15, -0.1) is 11.8 Å². The van der Waals surface area contributed by atoms with E-state index in [0.717, 1.165) is 4.90 Å². The Morgan fingerprint density at radius 2 is 1.74 bits per heavy atom. The maximum absolute atomic E-state index is 12.2. The number of amides is 1. The Labute approximate surface area is 142 Å². The highest BCUT2D eigenvalue weighted by atomic mass is 32.2. The van der Waals surface area contributed by atoms with Crippen LogP contribution in [-0.2, 0) is 15.0 Å². The van der Waals surface area contributed by atoms with Crippen LogP contribution in [0, 0.1) is 5.92 Å². The third-order valence-corrected chi connectivity index (χ3v) is 5.28. The van der Waals surface area contributed by atoms with Crippen LogP contribution in [0.1, 0.15) is 39.2 Å². The van der Waals surface area contributed by atoms with Crippen LogP contribution in [-0.4, -0.2) is 40.7 Å². The second kappa shape index (κ2) is 7.39. The molecule has 0 saturated carbocycles. The summed E-state index contributed by atoms with van der Waals surface area (Å²) in [5.74, 6) is -0.534. The highest BCUT2D eigenvalue weighted by Gasteiger charge is 2.26. The maximum Gasteiger partial charge on any atom is 0.306 e. The molecule has 23 heavy (non-hydrogen) atoms. The van der Waals surface area contributed by atoms with Gasteiger partial charge in [-0.05, 0) is 36.0 Å². The van der Waals surface area contributed by atoms with Gasteiger partial charge in [-0.1, -0.05) is 32.9 Å². The third kappa shape index (κ3) is 4.99. The van der Waals surface area contributed by atoms with Crippen LogP contribution in [0.3, 0.4) is 0 Å². The van der Waals surface area contributed by atoms with Gasteiger partial charge < -0.3 is 10.0 Å². The first-order valence-electron chi connectivity index (χ1n) is 8.01. The van der Waals surface area contributed by atoms with Crippen molar-refractivity contribution >= 4 is 23.6 Å². The van der Waals surface area contributed by atoms with E-state index in [1.807, 2.05) is 0 Å². The van der Waals surface area contributed by atoms with Crippen LogP contribution in [0.4, 0.5) is 0 Å². The predicted octanol–water partition coefficient (Wildman–Crippen LogP) is 3.40. The van der Waals surface area contributed by atoms with Gasteiger partial charge in [0.25, 0.3) is 0 Å². The number of hydrogen-bond acceptors (Lipinski definition) is 3. The molecule has 1 aliphatic heterocycles. The predicted molar refractivity (Wildman–Crippen MR) is 92.8 cm³/mol. The molecule has 0 aromatic heterocycles. The Balaban J connectivity index is 1.82. The minimum Gasteiger partial charge on any atom is -0.481 e. The van der Waals surface area contributed by atoms with Crippen LogP contribution >= 0.6 is 11.8 Å². The van der Waals surface area contributed by atoms with Crippen LogP contribution in [0.2, 0.25) is 0 Å². The summed E-state index contributed by atoms with van der Waals surface area (Å²) in [6.45, 7) is 7.65. The zero-order valence-corrected chi connectivity index (χ0v) is 14.9. The van der Waals surface area contributed by atoms with E-state index in [-0.39, 0.29) is 17.2 Å². The molecule has 0 spiro atoms. The van der Waals surface area contributed by atoms with Crippen LogP contribution in [0.15, 0.2) is 29.2 Å². The molecule has 1 saturated heterocycles. The van der Waals surface area contributed by atoms with E-state index in [9.17, 15) is 9.59 Å². The topological polar surface area (TPSA) is 57.6 Å². The highest BCUT2D eigenvalue weighted by Crippen LogP contribution is 2.26. The standard InChI is InChI=1S/C18H25NO3S/c1-18(2,3)14-4-6-15(7-5-14)23-12-16(20)19-10-8-13(9-11-19)17(21)22/h4-7,13H,8-12H2,1-3H3,(H,21,22). The lowest BCUT2D eigenvalue weighted by molar-refractivity contribution is -0.145. The second-order valence-electron chi connectivity index (χ2n) is 7.06. The minimum absolute atomic E-state index is 0.0961. The molecule has 0 bridgehead atoms. The molecule has 1 fully saturated rings. The van der Waals surface area contributed by atoms with Gasteiger partial charge in [0.2, 0.25) is 5.91 Å². The Morgan fingerprint density at radius 1 is 1.17 bits per heavy atom. The number of piperidine rings is 1. The smallest absolute Gasteiger partial charge is 0.306 e. The van der Waals surface area contributed by atoms with Gasteiger partial charge in [-0.25, -0.2) is 0 Å². The van der Waals surface area contributed by atoms with Gasteiger partial charge in [0.05, 0.1) is 11.7 Å². The Bertz CT molecular complexity index is 555. The Kier molecular flexibility index (Phi) is 5.74. The molecule has 0 aliphatic carbocycles. The summed E-state index contributed by atoms with van der Waals surface area (Å²) in [5, 5.41) is 8.99. The first-order valence-corrected chi connectivity index (χ1v) is 9.00. The number of carboxylic acid groups (broad SMARTS) is 1. The molecule has 126 valence electrons. The van der Waals surface area contributed by atoms with Gasteiger partial charge in [0.15, 0.2) is 0 Å². The van der Waals surface area contributed by atoms with Crippen molar-refractivity contribution in [3.8, 4) is 0 Å². The first-order chi connectivity index (χ1) is 10.8. The number of thioether (sulfide) groups is 1. The molecular weight excluding hydrogens is 310 g/mol. The number of carbonyl (C=O) groups is 2. The number of rotatable bonds is 4. The fourth-order valence-electron chi connectivity index (χ4n) is 2.66. The number of carboxylic acids is 1. The van der Waals surface area contributed by atoms with E-state index in [2.05, 4.69) is 45.0 Å². The number of likely N-dealkylation sites (tertiary alicyclic amines) is 1. The lowest BCUT2D eigenvalue weighted by Crippen LogP contribution is -2.41. The summed E-state index contributed by atoms with van der Waals surface area (Å²) in [7, 11) is 0. The molecule has 0 atom stereocenters. The molecular formula is C18H25NO3S. The molecule has 1 heterocycles. The van der Waals surface area contributed by atoms with Gasteiger partial charge in [0.1, 0.15) is 0 Å². The normalized spacial score (nSPS) is 16.4. The second-order valence-corrected chi connectivity index (χ2v) is 8.11. The number of aliphatic carboxylic acids is 1. The van der Waals surface area contributed by atoms with Crippen molar-refractivity contribution < 1.29 is 14.7 Å². The van der Waals surface area contributed by atoms with Crippen molar-refractivity contribution in [2.75, 3.05) is 18.8 Å². The van der Waals surface area contributed by atoms with E-state index in [0.29, 0.717) is 31.7 Å². The van der Waals surface area contributed by atoms with Gasteiger partial charge in [-0.3, -0.25) is 9.59 Å². The fraction of sp³-hybridized carbons (Fsp3) is 0.556. The van der Waals surface area contributed by atoms with Gasteiger partial charge in [-0.2, -0.15) is 0 Å². The number of benzene rings is 1. The monoisotopic (exact) mass is 335 g/mol. The maximum atomic E-state index is 12.2. The summed E-state index contributed by atoms with van der Waals surface area (Å²) in [5.41, 5.74) is 1.41. The fourth-order valence-corrected chi connectivity index (χ4v) is 3.46. The van der Waals surface area contributed by atoms with Crippen molar-refractivity contribution in [1.82, 2.24) is 4.90 Å². The molecule has 1 N–H and O–H groups in total. The van der Waals surface area contributed by atoms with Crippen LogP contribution < -0.4 is 0 Å². The van der Waals surface area contributed by atoms with Crippen molar-refractivity contribution in [3.05, 3.63) is 29.8 Å². The average Bonchev–Trinajstić information content (AvgIpc) is 2.52. The molecule has 5 heteroatoms. The minimum atomic E-state index is -0.745. The average molecular weight is 335 g/mol. The van der Waals surface area contributed by atoms with Gasteiger partial charge >= 0.3 is 5.97 Å². The van der Waals surface area contributed by atoms with Crippen LogP contribution in [0.25, 0.3) is 0 Å². The van der Waals surface area contributed by atoms with Crippen molar-refractivity contribution in [2.24, 2.45) is 5.92 Å². The largest absolute Gasteiger partial charge is 0.481 e. The quantitative estimate of drug-likeness (QED) is 0.857. The third-order valence-electron chi connectivity index (χ3n) is 4.28. The molecule has 0 unspecified atom stereocenters. The summed E-state index contributed by atoms with van der Waals surface area (Å²) in [4.78, 5) is 26.0. The SMILES string of the molecule is CC(C)(C)c1ccc(SCC(=O)N2CCC(C(=O)O)CC2)cc1. The van der Waals surface area contributed by atoms with Crippen LogP contribution in [0.5, 0.6) is 0 Å².